The van der Waals surface area contributed by atoms with Crippen LogP contribution in [0.2, 0.25) is 0 Å². The van der Waals surface area contributed by atoms with Gasteiger partial charge in [0.2, 0.25) is 0 Å². The van der Waals surface area contributed by atoms with Gasteiger partial charge in [-0.3, -0.25) is 9.13 Å². The monoisotopic (exact) mass is 884 g/mol. The summed E-state index contributed by atoms with van der Waals surface area (Å²) in [5.41, 5.74) is 6.13. The number of benzene rings is 2. The first-order valence-corrected chi connectivity index (χ1v) is 21.9. The molecular weight excluding hydrogens is 833 g/mol. The van der Waals surface area contributed by atoms with E-state index in [1.807, 2.05) is 105 Å². The van der Waals surface area contributed by atoms with Crippen molar-refractivity contribution in [1.82, 2.24) is 58.6 Å². The predicted octanol–water partition coefficient (Wildman–Crippen LogP) is 8.56. The van der Waals surface area contributed by atoms with Crippen LogP contribution in [0.4, 0.5) is 0 Å². The second-order valence-corrected chi connectivity index (χ2v) is 16.1. The van der Waals surface area contributed by atoms with E-state index in [0.29, 0.717) is 34.8 Å². The van der Waals surface area contributed by atoms with Gasteiger partial charge in [0.05, 0.1) is 39.8 Å². The zero-order chi connectivity index (χ0) is 45.6. The minimum Gasteiger partial charge on any atom is -0.497 e. The van der Waals surface area contributed by atoms with Crippen LogP contribution in [0.5, 0.6) is 23.0 Å². The van der Waals surface area contributed by atoms with Gasteiger partial charge >= 0.3 is 0 Å². The van der Waals surface area contributed by atoms with Crippen LogP contribution in [-0.2, 0) is 13.1 Å². The summed E-state index contributed by atoms with van der Waals surface area (Å²) in [5.74, 6) is 8.34. The Kier molecular flexibility index (Phi) is 12.8. The number of aromatic nitrogens is 12. The maximum atomic E-state index is 5.56. The zero-order valence-corrected chi connectivity index (χ0v) is 37.9. The number of hydrogen-bond donors (Lipinski definition) is 0. The van der Waals surface area contributed by atoms with Crippen molar-refractivity contribution in [1.29, 1.82) is 0 Å². The number of fused-ring (bicyclic) bond motifs is 2. The van der Waals surface area contributed by atoms with Crippen LogP contribution in [0.25, 0.3) is 35.9 Å². The summed E-state index contributed by atoms with van der Waals surface area (Å²) >= 11 is 0. The molecule has 16 heteroatoms. The molecule has 8 aromatic rings. The van der Waals surface area contributed by atoms with E-state index >= 15 is 0 Å². The lowest BCUT2D eigenvalue weighted by molar-refractivity contribution is 0.410. The molecule has 0 spiro atoms. The molecule has 8 heterocycles. The first-order valence-electron chi connectivity index (χ1n) is 21.9. The van der Waals surface area contributed by atoms with Crippen molar-refractivity contribution in [2.45, 2.75) is 64.5 Å². The third-order valence-electron chi connectivity index (χ3n) is 11.7. The highest BCUT2D eigenvalue weighted by Gasteiger charge is 2.27. The largest absolute Gasteiger partial charge is 0.497 e. The van der Waals surface area contributed by atoms with Crippen molar-refractivity contribution in [2.24, 2.45) is 0 Å². The molecule has 0 aliphatic carbocycles. The van der Waals surface area contributed by atoms with Crippen LogP contribution in [0.3, 0.4) is 0 Å². The van der Waals surface area contributed by atoms with E-state index in [0.717, 1.165) is 84.4 Å². The number of imidazole rings is 2. The summed E-state index contributed by atoms with van der Waals surface area (Å²) in [4.78, 5) is 27.4. The molecule has 0 fully saturated rings. The molecule has 2 aliphatic rings. The number of pyridine rings is 2. The third kappa shape index (κ3) is 9.48. The smallest absolute Gasteiger partial charge is 0.180 e. The molecule has 0 N–H and O–H groups in total. The fourth-order valence-corrected chi connectivity index (χ4v) is 8.37. The fourth-order valence-electron chi connectivity index (χ4n) is 8.37. The molecule has 10 rings (SSSR count). The standard InChI is InChI=1S/2C25H26N6O2/c2*1-17-15-30(16-27-17)25-22(33-3)13-18(14-26-25)6-11-23-28-24-21(5-4-12-31(24)29-23)19-7-9-20(32-2)10-8-19/h2*6-11,13-16,21H,4-5,12H2,1-3H3/b2*11-6+/t2*21-/m10/s1. The Labute approximate surface area is 383 Å². The van der Waals surface area contributed by atoms with Gasteiger partial charge in [-0.1, -0.05) is 24.3 Å². The molecule has 0 unspecified atom stereocenters. The molecule has 0 saturated heterocycles. The Hall–Kier alpha value is -7.88. The van der Waals surface area contributed by atoms with Gasteiger partial charge < -0.3 is 18.9 Å². The second kappa shape index (κ2) is 19.5. The Morgan fingerprint density at radius 3 is 1.32 bits per heavy atom. The van der Waals surface area contributed by atoms with Crippen molar-refractivity contribution in [3.05, 3.63) is 155 Å². The SMILES string of the molecule is COc1ccc([C@@H]2CCCn3nc(/C=C/c4cnc(-n5cnc(C)c5)c(OC)c4)nc32)cc1.COc1ccc([C@H]2CCCn3nc(/C=C/c4cnc(-n5cnc(C)c5)c(OC)c4)nc32)cc1. The first-order chi connectivity index (χ1) is 32.3. The van der Waals surface area contributed by atoms with Gasteiger partial charge in [-0.25, -0.2) is 39.3 Å². The molecule has 16 nitrogen and oxygen atoms in total. The van der Waals surface area contributed by atoms with Gasteiger partial charge in [0.1, 0.15) is 35.8 Å². The van der Waals surface area contributed by atoms with Crippen molar-refractivity contribution >= 4 is 24.3 Å². The van der Waals surface area contributed by atoms with E-state index in [1.165, 1.54) is 11.1 Å². The number of ether oxygens (including phenoxy) is 4. The summed E-state index contributed by atoms with van der Waals surface area (Å²) in [6.45, 7) is 5.65. The minimum absolute atomic E-state index is 0.235. The van der Waals surface area contributed by atoms with Gasteiger partial charge in [-0.15, -0.1) is 0 Å². The van der Waals surface area contributed by atoms with Crippen LogP contribution in [0, 0.1) is 13.8 Å². The number of aryl methyl sites for hydroxylation is 4. The van der Waals surface area contributed by atoms with Crippen molar-refractivity contribution in [3.8, 4) is 34.6 Å². The first kappa shape index (κ1) is 43.4. The number of hydrogen-bond acceptors (Lipinski definition) is 12. The van der Waals surface area contributed by atoms with Crippen molar-refractivity contribution in [3.63, 3.8) is 0 Å². The van der Waals surface area contributed by atoms with Crippen molar-refractivity contribution < 1.29 is 18.9 Å². The predicted molar refractivity (Wildman–Crippen MR) is 251 cm³/mol. The molecule has 0 radical (unpaired) electrons. The number of nitrogens with zero attached hydrogens (tertiary/aromatic N) is 12. The molecule has 2 aromatic carbocycles. The highest BCUT2D eigenvalue weighted by Crippen LogP contribution is 2.35. The van der Waals surface area contributed by atoms with E-state index in [9.17, 15) is 0 Å². The van der Waals surface area contributed by atoms with Crippen LogP contribution in [0.15, 0.2) is 98.1 Å². The molecule has 336 valence electrons. The van der Waals surface area contributed by atoms with Gasteiger partial charge in [0.15, 0.2) is 34.8 Å². The van der Waals surface area contributed by atoms with Crippen LogP contribution < -0.4 is 18.9 Å². The van der Waals surface area contributed by atoms with E-state index in [2.05, 4.69) is 44.2 Å². The van der Waals surface area contributed by atoms with E-state index in [1.54, 1.807) is 53.5 Å². The van der Waals surface area contributed by atoms with E-state index < -0.39 is 0 Å². The Morgan fingerprint density at radius 1 is 0.530 bits per heavy atom. The molecule has 0 amide bonds. The maximum absolute atomic E-state index is 5.56. The summed E-state index contributed by atoms with van der Waals surface area (Å²) < 4.78 is 29.5. The Bertz CT molecular complexity index is 2780. The average Bonchev–Trinajstić information content (AvgIpc) is 4.19. The summed E-state index contributed by atoms with van der Waals surface area (Å²) in [6.07, 6.45) is 22.9. The number of rotatable bonds is 12. The van der Waals surface area contributed by atoms with Crippen molar-refractivity contribution in [2.75, 3.05) is 28.4 Å². The molecular formula is C50H52N12O4. The molecule has 6 aromatic heterocycles. The summed E-state index contributed by atoms with van der Waals surface area (Å²) in [5, 5.41) is 9.43. The molecule has 0 saturated carbocycles. The zero-order valence-electron chi connectivity index (χ0n) is 37.9. The number of methoxy groups -OCH3 is 4. The van der Waals surface area contributed by atoms with E-state index in [4.69, 9.17) is 39.1 Å². The maximum Gasteiger partial charge on any atom is 0.180 e. The quantitative estimate of drug-likeness (QED) is 0.115. The fraction of sp³-hybridized carbons (Fsp3) is 0.280. The molecule has 2 atom stereocenters. The Morgan fingerprint density at radius 2 is 0.955 bits per heavy atom. The van der Waals surface area contributed by atoms with Gasteiger partial charge in [-0.05, 0) is 122 Å². The van der Waals surface area contributed by atoms with Crippen LogP contribution in [-0.4, -0.2) is 87.0 Å². The van der Waals surface area contributed by atoms with Gasteiger partial charge in [0.25, 0.3) is 0 Å². The van der Waals surface area contributed by atoms with Gasteiger partial charge in [0, 0.05) is 49.7 Å². The normalized spacial score (nSPS) is 15.5. The summed E-state index contributed by atoms with van der Waals surface area (Å²) in [7, 11) is 6.65. The van der Waals surface area contributed by atoms with E-state index in [-0.39, 0.29) is 11.8 Å². The van der Waals surface area contributed by atoms with Gasteiger partial charge in [-0.2, -0.15) is 10.2 Å². The Balaban J connectivity index is 0.000000166. The second-order valence-electron chi connectivity index (χ2n) is 16.1. The van der Waals surface area contributed by atoms with Crippen LogP contribution in [0.1, 0.15) is 94.5 Å². The molecule has 0 bridgehead atoms. The third-order valence-corrected chi connectivity index (χ3v) is 11.7. The highest BCUT2D eigenvalue weighted by molar-refractivity contribution is 5.69. The average molecular weight is 885 g/mol. The summed E-state index contributed by atoms with van der Waals surface area (Å²) in [6, 6.07) is 20.4. The minimum atomic E-state index is 0.235. The highest BCUT2D eigenvalue weighted by atomic mass is 16.5. The lowest BCUT2D eigenvalue weighted by Crippen LogP contribution is -2.17. The lowest BCUT2D eigenvalue weighted by atomic mass is 9.91. The lowest BCUT2D eigenvalue weighted by Gasteiger charge is -2.22. The molecule has 2 aliphatic heterocycles. The van der Waals surface area contributed by atoms with Crippen LogP contribution >= 0.6 is 0 Å². The topological polar surface area (TPSA) is 160 Å². The molecule has 66 heavy (non-hydrogen) atoms.